The minimum atomic E-state index is 0.0971. The summed E-state index contributed by atoms with van der Waals surface area (Å²) in [6, 6.07) is 0. The van der Waals surface area contributed by atoms with Gasteiger partial charge in [-0.15, -0.1) is 12.6 Å². The molecule has 0 aliphatic heterocycles. The summed E-state index contributed by atoms with van der Waals surface area (Å²) in [4.78, 5) is 16.4. The summed E-state index contributed by atoms with van der Waals surface area (Å²) >= 11 is 7.73. The Morgan fingerprint density at radius 3 is 2.64 bits per heavy atom. The molecule has 0 aromatic carbocycles. The summed E-state index contributed by atoms with van der Waals surface area (Å²) in [7, 11) is 3.65. The van der Waals surface area contributed by atoms with Crippen LogP contribution in [0.1, 0.15) is 13.3 Å². The first-order valence-electron chi connectivity index (χ1n) is 4.24. The van der Waals surface area contributed by atoms with Crippen molar-refractivity contribution in [3.63, 3.8) is 0 Å². The second-order valence-corrected chi connectivity index (χ2v) is 4.58. The van der Waals surface area contributed by atoms with Crippen LogP contribution >= 0.6 is 28.6 Å². The third kappa shape index (κ3) is 2.06. The van der Waals surface area contributed by atoms with Crippen LogP contribution in [0.25, 0.3) is 0 Å². The highest BCUT2D eigenvalue weighted by molar-refractivity contribution is 9.11. The molecule has 0 amide bonds. The highest BCUT2D eigenvalue weighted by Gasteiger charge is 2.20. The molecule has 14 heavy (non-hydrogen) atoms. The van der Waals surface area contributed by atoms with Crippen LogP contribution in [0, 0.1) is 0 Å². The van der Waals surface area contributed by atoms with Gasteiger partial charge in [0.15, 0.2) is 5.78 Å². The molecule has 0 bridgehead atoms. The standard InChI is InChI=1S/C8H10B2BrNOS/c1-3-5(13)2-4(11)6(9)7(12-10)8(3)14/h14H,2,9-10H2,1H3/b12-7-. The van der Waals surface area contributed by atoms with E-state index < -0.39 is 0 Å². The molecule has 0 heterocycles. The van der Waals surface area contributed by atoms with E-state index >= 15 is 0 Å². The Morgan fingerprint density at radius 2 is 2.14 bits per heavy atom. The molecule has 0 saturated carbocycles. The molecule has 2 nitrogen and oxygen atoms in total. The zero-order valence-corrected chi connectivity index (χ0v) is 10.9. The fourth-order valence-electron chi connectivity index (χ4n) is 1.30. The summed E-state index contributed by atoms with van der Waals surface area (Å²) in [5, 5.41) is 0. The molecule has 72 valence electrons. The highest BCUT2D eigenvalue weighted by Crippen LogP contribution is 2.27. The maximum atomic E-state index is 11.6. The quantitative estimate of drug-likeness (QED) is 0.500. The van der Waals surface area contributed by atoms with Gasteiger partial charge in [0.2, 0.25) is 7.98 Å². The maximum Gasteiger partial charge on any atom is 0.245 e. The number of carbonyl (C=O) groups excluding carboxylic acids is 1. The molecule has 0 N–H and O–H groups in total. The zero-order valence-electron chi connectivity index (χ0n) is 8.39. The van der Waals surface area contributed by atoms with Crippen LogP contribution in [0.4, 0.5) is 0 Å². The number of ketones is 1. The number of halogens is 1. The number of hydrogen-bond donors (Lipinski definition) is 1. The SMILES string of the molecule is B/N=C1/C(B)=C(Br)CC(=O)C(C)=C1S. The Hall–Kier alpha value is -0.220. The Bertz CT molecular complexity index is 387. The van der Waals surface area contributed by atoms with Crippen LogP contribution in [0.2, 0.25) is 0 Å². The first-order chi connectivity index (χ1) is 6.49. The number of allylic oxidation sites excluding steroid dienone is 4. The molecule has 1 aliphatic rings. The van der Waals surface area contributed by atoms with E-state index in [0.29, 0.717) is 16.9 Å². The summed E-state index contributed by atoms with van der Waals surface area (Å²) < 4.78 is 0.895. The van der Waals surface area contributed by atoms with Gasteiger partial charge in [-0.3, -0.25) is 4.79 Å². The summed E-state index contributed by atoms with van der Waals surface area (Å²) in [6.07, 6.45) is 0.404. The summed E-state index contributed by atoms with van der Waals surface area (Å²) in [5.41, 5.74) is 2.47. The van der Waals surface area contributed by atoms with E-state index in [-0.39, 0.29) is 5.78 Å². The first-order valence-corrected chi connectivity index (χ1v) is 5.48. The fourth-order valence-corrected chi connectivity index (χ4v) is 2.13. The van der Waals surface area contributed by atoms with Crippen LogP contribution in [0.5, 0.6) is 0 Å². The molecule has 1 rings (SSSR count). The van der Waals surface area contributed by atoms with Crippen molar-refractivity contribution in [2.24, 2.45) is 4.90 Å². The van der Waals surface area contributed by atoms with Crippen LogP contribution in [0.3, 0.4) is 0 Å². The molecule has 1 aliphatic carbocycles. The first kappa shape index (κ1) is 11.9. The van der Waals surface area contributed by atoms with Crippen molar-refractivity contribution < 1.29 is 4.79 Å². The van der Waals surface area contributed by atoms with E-state index in [1.54, 1.807) is 14.9 Å². The van der Waals surface area contributed by atoms with Gasteiger partial charge in [0.25, 0.3) is 0 Å². The van der Waals surface area contributed by atoms with Gasteiger partial charge in [0.05, 0.1) is 0 Å². The second-order valence-electron chi connectivity index (χ2n) is 3.18. The smallest absolute Gasteiger partial charge is 0.245 e. The topological polar surface area (TPSA) is 29.4 Å². The number of thiol groups is 1. The molecule has 0 unspecified atom stereocenters. The van der Waals surface area contributed by atoms with E-state index in [4.69, 9.17) is 0 Å². The van der Waals surface area contributed by atoms with Crippen LogP contribution in [-0.4, -0.2) is 27.3 Å². The number of carbonyl (C=O) groups is 1. The molecule has 0 aromatic rings. The van der Waals surface area contributed by atoms with Crippen molar-refractivity contribution >= 4 is 55.9 Å². The van der Waals surface area contributed by atoms with Crippen molar-refractivity contribution in [2.45, 2.75) is 13.3 Å². The number of nitrogens with zero attached hydrogens (tertiary/aromatic N) is 1. The van der Waals surface area contributed by atoms with E-state index in [2.05, 4.69) is 33.5 Å². The van der Waals surface area contributed by atoms with Gasteiger partial charge in [-0.05, 0) is 11.4 Å². The van der Waals surface area contributed by atoms with E-state index in [1.807, 2.05) is 7.85 Å². The van der Waals surface area contributed by atoms with Gasteiger partial charge >= 0.3 is 0 Å². The zero-order chi connectivity index (χ0) is 10.9. The fraction of sp³-hybridized carbons (Fsp3) is 0.250. The van der Waals surface area contributed by atoms with Gasteiger partial charge in [-0.2, -0.15) is 0 Å². The van der Waals surface area contributed by atoms with Crippen molar-refractivity contribution in [3.05, 3.63) is 20.4 Å². The summed E-state index contributed by atoms with van der Waals surface area (Å²) in [6.45, 7) is 1.79. The lowest BCUT2D eigenvalue weighted by atomic mass is 9.89. The van der Waals surface area contributed by atoms with E-state index in [9.17, 15) is 4.79 Å². The van der Waals surface area contributed by atoms with Crippen LogP contribution < -0.4 is 0 Å². The monoisotopic (exact) mass is 269 g/mol. The van der Waals surface area contributed by atoms with E-state index in [0.717, 1.165) is 15.7 Å². The van der Waals surface area contributed by atoms with Crippen LogP contribution in [-0.2, 0) is 4.79 Å². The second kappa shape index (κ2) is 4.53. The average Bonchev–Trinajstić information content (AvgIpc) is 2.21. The average molecular weight is 270 g/mol. The number of Topliss-reactive ketones (excluding diaryl/α,β-unsaturated/α-hetero) is 1. The number of hydrogen-bond acceptors (Lipinski definition) is 3. The van der Waals surface area contributed by atoms with Gasteiger partial charge in [-0.1, -0.05) is 21.4 Å². The Balaban J connectivity index is 3.39. The van der Waals surface area contributed by atoms with Crippen LogP contribution in [0.15, 0.2) is 25.3 Å². The highest BCUT2D eigenvalue weighted by atomic mass is 79.9. The molecule has 0 saturated heterocycles. The third-order valence-electron chi connectivity index (χ3n) is 2.30. The van der Waals surface area contributed by atoms with Gasteiger partial charge in [0, 0.05) is 22.6 Å². The maximum absolute atomic E-state index is 11.6. The molecule has 0 spiro atoms. The van der Waals surface area contributed by atoms with Crippen molar-refractivity contribution in [2.75, 3.05) is 0 Å². The summed E-state index contributed by atoms with van der Waals surface area (Å²) in [5.74, 6) is 0.0971. The third-order valence-corrected chi connectivity index (χ3v) is 3.72. The largest absolute Gasteiger partial charge is 0.351 e. The van der Waals surface area contributed by atoms with Gasteiger partial charge in [0.1, 0.15) is 7.85 Å². The van der Waals surface area contributed by atoms with Gasteiger partial charge in [-0.25, -0.2) is 0 Å². The Kier molecular flexibility index (Phi) is 3.84. The lowest BCUT2D eigenvalue weighted by Crippen LogP contribution is -2.05. The van der Waals surface area contributed by atoms with Crippen molar-refractivity contribution in [3.8, 4) is 0 Å². The lowest BCUT2D eigenvalue weighted by molar-refractivity contribution is -0.114. The number of rotatable bonds is 0. The van der Waals surface area contributed by atoms with E-state index in [1.165, 1.54) is 0 Å². The minimum absolute atomic E-state index is 0.0971. The molecule has 0 atom stereocenters. The molecule has 0 fully saturated rings. The minimum Gasteiger partial charge on any atom is -0.351 e. The Morgan fingerprint density at radius 1 is 1.57 bits per heavy atom. The lowest BCUT2D eigenvalue weighted by Gasteiger charge is -2.06. The van der Waals surface area contributed by atoms with Crippen molar-refractivity contribution in [1.82, 2.24) is 0 Å². The molecular formula is C8H10B2BrNOS. The van der Waals surface area contributed by atoms with Gasteiger partial charge < -0.3 is 4.90 Å². The normalized spacial score (nSPS) is 21.9. The predicted molar refractivity (Wildman–Crippen MR) is 71.8 cm³/mol. The molecular weight excluding hydrogens is 260 g/mol. The van der Waals surface area contributed by atoms with Crippen molar-refractivity contribution in [1.29, 1.82) is 0 Å². The molecule has 6 heteroatoms. The molecule has 0 aromatic heterocycles. The molecule has 0 radical (unpaired) electrons. The Labute approximate surface area is 99.3 Å². The predicted octanol–water partition coefficient (Wildman–Crippen LogP) is 0.392.